The fraction of sp³-hybridized carbons (Fsp3) is 0.0455. The van der Waals surface area contributed by atoms with Gasteiger partial charge < -0.3 is 4.98 Å². The summed E-state index contributed by atoms with van der Waals surface area (Å²) in [5.41, 5.74) is 6.23. The molecule has 1 aromatic heterocycles. The molecule has 5 nitrogen and oxygen atoms in total. The Morgan fingerprint density at radius 3 is 2.62 bits per heavy atom. The Bertz CT molecular complexity index is 1140. The number of hydrogen-bond acceptors (Lipinski definition) is 4. The Labute approximate surface area is 171 Å². The van der Waals surface area contributed by atoms with Gasteiger partial charge in [0.05, 0.1) is 17.2 Å². The van der Waals surface area contributed by atoms with Crippen LogP contribution in [0.25, 0.3) is 11.0 Å². The number of benzene rings is 3. The van der Waals surface area contributed by atoms with E-state index in [1.165, 1.54) is 12.3 Å². The summed E-state index contributed by atoms with van der Waals surface area (Å²) in [6, 6.07) is 21.4. The molecule has 0 spiro atoms. The van der Waals surface area contributed by atoms with Crippen molar-refractivity contribution in [2.75, 3.05) is 0 Å². The first kappa shape index (κ1) is 18.9. The number of nitrogens with one attached hydrogen (secondary N) is 2. The number of halogens is 1. The summed E-state index contributed by atoms with van der Waals surface area (Å²) in [6.45, 7) is 0. The van der Waals surface area contributed by atoms with E-state index >= 15 is 0 Å². The highest BCUT2D eigenvalue weighted by Gasteiger charge is 2.06. The van der Waals surface area contributed by atoms with Crippen LogP contribution in [0.2, 0.25) is 0 Å². The number of carbonyl (C=O) groups is 1. The number of fused-ring (bicyclic) bond motifs is 1. The van der Waals surface area contributed by atoms with Crippen LogP contribution in [0, 0.1) is 5.82 Å². The smallest absolute Gasteiger partial charge is 0.271 e. The number of hydrogen-bond donors (Lipinski definition) is 2. The molecule has 7 heteroatoms. The van der Waals surface area contributed by atoms with Gasteiger partial charge in [-0.25, -0.2) is 14.8 Å². The summed E-state index contributed by atoms with van der Waals surface area (Å²) in [4.78, 5) is 20.0. The van der Waals surface area contributed by atoms with Gasteiger partial charge >= 0.3 is 0 Å². The maximum atomic E-state index is 13.5. The van der Waals surface area contributed by atoms with Crippen molar-refractivity contribution >= 4 is 34.9 Å². The number of amides is 1. The average Bonchev–Trinajstić information content (AvgIpc) is 3.17. The third-order valence-corrected chi connectivity index (χ3v) is 5.18. The second kappa shape index (κ2) is 8.70. The lowest BCUT2D eigenvalue weighted by atomic mass is 10.1. The maximum absolute atomic E-state index is 13.5. The van der Waals surface area contributed by atoms with Crippen LogP contribution in [0.3, 0.4) is 0 Å². The molecule has 1 amide bonds. The van der Waals surface area contributed by atoms with Crippen molar-refractivity contribution < 1.29 is 9.18 Å². The van der Waals surface area contributed by atoms with E-state index in [-0.39, 0.29) is 5.91 Å². The molecule has 0 atom stereocenters. The summed E-state index contributed by atoms with van der Waals surface area (Å²) in [5.74, 6) is -0.0152. The summed E-state index contributed by atoms with van der Waals surface area (Å²) >= 11 is 1.60. The number of nitrogens with zero attached hydrogens (tertiary/aromatic N) is 2. The van der Waals surface area contributed by atoms with E-state index in [1.54, 1.807) is 42.1 Å². The lowest BCUT2D eigenvalue weighted by Gasteiger charge is -2.03. The van der Waals surface area contributed by atoms with Crippen molar-refractivity contribution in [2.24, 2.45) is 5.10 Å². The number of aromatic amines is 1. The first-order valence-corrected chi connectivity index (χ1v) is 9.92. The minimum Gasteiger partial charge on any atom is -0.333 e. The van der Waals surface area contributed by atoms with Gasteiger partial charge in [0.1, 0.15) is 5.82 Å². The van der Waals surface area contributed by atoms with Crippen LogP contribution in [0.1, 0.15) is 21.5 Å². The molecule has 144 valence electrons. The molecule has 0 saturated carbocycles. The Morgan fingerprint density at radius 1 is 1.07 bits per heavy atom. The first-order valence-electron chi connectivity index (χ1n) is 8.93. The molecule has 0 fully saturated rings. The van der Waals surface area contributed by atoms with E-state index in [4.69, 9.17) is 0 Å². The van der Waals surface area contributed by atoms with Gasteiger partial charge in [0, 0.05) is 16.9 Å². The molecule has 3 aromatic carbocycles. The van der Waals surface area contributed by atoms with Crippen molar-refractivity contribution in [3.8, 4) is 0 Å². The fourth-order valence-corrected chi connectivity index (χ4v) is 3.55. The van der Waals surface area contributed by atoms with Crippen molar-refractivity contribution in [1.82, 2.24) is 15.4 Å². The summed E-state index contributed by atoms with van der Waals surface area (Å²) in [6.07, 6.45) is 1.28. The van der Waals surface area contributed by atoms with Gasteiger partial charge in [-0.15, -0.1) is 0 Å². The van der Waals surface area contributed by atoms with E-state index in [9.17, 15) is 9.18 Å². The third-order valence-electron chi connectivity index (χ3n) is 4.23. The van der Waals surface area contributed by atoms with E-state index in [0.29, 0.717) is 11.1 Å². The summed E-state index contributed by atoms with van der Waals surface area (Å²) in [7, 11) is 0. The molecule has 29 heavy (non-hydrogen) atoms. The molecule has 2 N–H and O–H groups in total. The highest BCUT2D eigenvalue weighted by molar-refractivity contribution is 7.98. The molecule has 4 rings (SSSR count). The number of para-hydroxylation sites is 2. The minimum absolute atomic E-state index is 0.311. The van der Waals surface area contributed by atoms with Gasteiger partial charge in [-0.1, -0.05) is 54.2 Å². The highest BCUT2D eigenvalue weighted by Crippen LogP contribution is 2.23. The predicted molar refractivity (Wildman–Crippen MR) is 114 cm³/mol. The molecule has 4 aromatic rings. The van der Waals surface area contributed by atoms with E-state index < -0.39 is 5.82 Å². The monoisotopic (exact) mass is 404 g/mol. The third kappa shape index (κ3) is 4.70. The Balaban J connectivity index is 1.33. The van der Waals surface area contributed by atoms with Gasteiger partial charge in [0.25, 0.3) is 5.91 Å². The van der Waals surface area contributed by atoms with Crippen LogP contribution in [0.5, 0.6) is 0 Å². The topological polar surface area (TPSA) is 70.1 Å². The van der Waals surface area contributed by atoms with Crippen molar-refractivity contribution in [2.45, 2.75) is 10.9 Å². The van der Waals surface area contributed by atoms with Crippen molar-refractivity contribution in [1.29, 1.82) is 0 Å². The molecular weight excluding hydrogens is 387 g/mol. The van der Waals surface area contributed by atoms with Gasteiger partial charge in [0.15, 0.2) is 5.16 Å². The lowest BCUT2D eigenvalue weighted by molar-refractivity contribution is 0.0955. The summed E-state index contributed by atoms with van der Waals surface area (Å²) in [5, 5.41) is 4.67. The standard InChI is InChI=1S/C22H17FN4OS/c23-18-6-2-1-5-17(18)13-24-27-21(28)16-11-9-15(10-12-16)14-29-22-25-19-7-3-4-8-20(19)26-22/h1-13H,14H2,(H,25,26)(H,27,28)/b24-13+. The minimum atomic E-state index is -0.392. The molecule has 0 unspecified atom stereocenters. The van der Waals surface area contributed by atoms with E-state index in [0.717, 1.165) is 27.5 Å². The summed E-state index contributed by atoms with van der Waals surface area (Å²) < 4.78 is 13.5. The second-order valence-corrected chi connectivity index (χ2v) is 7.23. The number of rotatable bonds is 6. The van der Waals surface area contributed by atoms with Gasteiger partial charge in [-0.05, 0) is 35.9 Å². The Morgan fingerprint density at radius 2 is 1.83 bits per heavy atom. The predicted octanol–water partition coefficient (Wildman–Crippen LogP) is 4.76. The largest absolute Gasteiger partial charge is 0.333 e. The number of thioether (sulfide) groups is 1. The van der Waals surface area contributed by atoms with Crippen LogP contribution in [0.15, 0.2) is 83.1 Å². The van der Waals surface area contributed by atoms with E-state index in [2.05, 4.69) is 20.5 Å². The fourth-order valence-electron chi connectivity index (χ4n) is 2.71. The van der Waals surface area contributed by atoms with Gasteiger partial charge in [-0.2, -0.15) is 5.10 Å². The molecule has 0 saturated heterocycles. The molecule has 0 aliphatic heterocycles. The molecule has 0 bridgehead atoms. The molecule has 1 heterocycles. The average molecular weight is 404 g/mol. The van der Waals surface area contributed by atoms with Crippen molar-refractivity contribution in [3.05, 3.63) is 95.3 Å². The Kier molecular flexibility index (Phi) is 5.67. The Hall–Kier alpha value is -3.45. The van der Waals surface area contributed by atoms with Crippen molar-refractivity contribution in [3.63, 3.8) is 0 Å². The second-order valence-electron chi connectivity index (χ2n) is 6.27. The molecule has 0 radical (unpaired) electrons. The van der Waals surface area contributed by atoms with Crippen LogP contribution >= 0.6 is 11.8 Å². The number of H-pyrrole nitrogens is 1. The van der Waals surface area contributed by atoms with Gasteiger partial charge in [-0.3, -0.25) is 4.79 Å². The quantitative estimate of drug-likeness (QED) is 0.277. The van der Waals surface area contributed by atoms with Crippen LogP contribution < -0.4 is 5.43 Å². The zero-order valence-corrected chi connectivity index (χ0v) is 16.1. The molecule has 0 aliphatic carbocycles. The zero-order chi connectivity index (χ0) is 20.1. The van der Waals surface area contributed by atoms with E-state index in [1.807, 2.05) is 36.4 Å². The number of carbonyl (C=O) groups excluding carboxylic acids is 1. The lowest BCUT2D eigenvalue weighted by Crippen LogP contribution is -2.17. The molecule has 0 aliphatic rings. The first-order chi connectivity index (χ1) is 14.2. The number of imidazole rings is 1. The number of hydrazone groups is 1. The maximum Gasteiger partial charge on any atom is 0.271 e. The zero-order valence-electron chi connectivity index (χ0n) is 15.3. The highest BCUT2D eigenvalue weighted by atomic mass is 32.2. The molecular formula is C22H17FN4OS. The number of aromatic nitrogens is 2. The van der Waals surface area contributed by atoms with Crippen LogP contribution in [0.4, 0.5) is 4.39 Å². The normalized spacial score (nSPS) is 11.2. The SMILES string of the molecule is O=C(N/N=C/c1ccccc1F)c1ccc(CSc2nc3ccccc3[nH]2)cc1. The van der Waals surface area contributed by atoms with Crippen LogP contribution in [-0.2, 0) is 5.75 Å². The van der Waals surface area contributed by atoms with Gasteiger partial charge in [0.2, 0.25) is 0 Å². The van der Waals surface area contributed by atoms with Crippen LogP contribution in [-0.4, -0.2) is 22.1 Å².